The summed E-state index contributed by atoms with van der Waals surface area (Å²) in [5.74, 6) is -0.216. The summed E-state index contributed by atoms with van der Waals surface area (Å²) in [6.45, 7) is 10.5. The lowest BCUT2D eigenvalue weighted by atomic mass is 9.72. The third-order valence-corrected chi connectivity index (χ3v) is 9.41. The summed E-state index contributed by atoms with van der Waals surface area (Å²) < 4.78 is 43.2. The predicted molar refractivity (Wildman–Crippen MR) is 134 cm³/mol. The average Bonchev–Trinajstić information content (AvgIpc) is 2.82. The summed E-state index contributed by atoms with van der Waals surface area (Å²) in [6, 6.07) is 0. The lowest BCUT2D eigenvalue weighted by Gasteiger charge is -2.34. The van der Waals surface area contributed by atoms with E-state index in [1.54, 1.807) is 0 Å². The second kappa shape index (κ2) is 14.4. The largest absolute Gasteiger partial charge is 0.469 e. The summed E-state index contributed by atoms with van der Waals surface area (Å²) in [7, 11) is -2.63. The van der Waals surface area contributed by atoms with Crippen molar-refractivity contribution in [2.75, 3.05) is 13.7 Å². The molecule has 4 unspecified atom stereocenters. The Balaban J connectivity index is 2.92. The molecule has 0 aliphatic heterocycles. The average molecular weight is 505 g/mol. The fourth-order valence-electron chi connectivity index (χ4n) is 5.24. The van der Waals surface area contributed by atoms with Crippen molar-refractivity contribution in [3.63, 3.8) is 0 Å². The Morgan fingerprint density at radius 2 is 1.74 bits per heavy atom. The molecule has 0 radical (unpaired) electrons. The van der Waals surface area contributed by atoms with Crippen molar-refractivity contribution in [2.24, 2.45) is 29.1 Å². The van der Waals surface area contributed by atoms with Crippen LogP contribution in [0.3, 0.4) is 0 Å². The van der Waals surface area contributed by atoms with E-state index in [2.05, 4.69) is 20.8 Å². The van der Waals surface area contributed by atoms with Gasteiger partial charge in [0.2, 0.25) is 0 Å². The van der Waals surface area contributed by atoms with Gasteiger partial charge in [0.05, 0.1) is 30.3 Å². The Kier molecular flexibility index (Phi) is 13.1. The molecular weight excluding hydrogens is 456 g/mol. The molecule has 0 aromatic rings. The first-order valence-corrected chi connectivity index (χ1v) is 14.6. The van der Waals surface area contributed by atoms with Crippen molar-refractivity contribution in [2.45, 2.75) is 110 Å². The smallest absolute Gasteiger partial charge is 0.311 e. The standard InChI is InChI=1S/C26H48O7S/c1-7-10-11-20(8-2)18-33-24(27)22(17-26(5,9-3)25(28)32-6)16-19(4)21-12-14-23(15-13-21)34(29,30)31/h19-23H,7-18H2,1-6H3,(H,29,30,31). The molecule has 200 valence electrons. The third kappa shape index (κ3) is 9.48. The van der Waals surface area contributed by atoms with Gasteiger partial charge in [0.1, 0.15) is 0 Å². The maximum absolute atomic E-state index is 13.3. The molecule has 1 rings (SSSR count). The predicted octanol–water partition coefficient (Wildman–Crippen LogP) is 5.81. The number of hydrogen-bond donors (Lipinski definition) is 1. The first-order chi connectivity index (χ1) is 15.9. The van der Waals surface area contributed by atoms with Crippen LogP contribution in [0.1, 0.15) is 105 Å². The van der Waals surface area contributed by atoms with Crippen LogP contribution >= 0.6 is 0 Å². The van der Waals surface area contributed by atoms with Gasteiger partial charge in [-0.2, -0.15) is 8.42 Å². The molecule has 1 fully saturated rings. The van der Waals surface area contributed by atoms with E-state index in [9.17, 15) is 22.6 Å². The van der Waals surface area contributed by atoms with E-state index in [0.29, 0.717) is 57.5 Å². The van der Waals surface area contributed by atoms with Crippen LogP contribution in [0.4, 0.5) is 0 Å². The third-order valence-electron chi connectivity index (χ3n) is 8.09. The second-order valence-electron chi connectivity index (χ2n) is 10.6. The molecule has 0 aromatic heterocycles. The fraction of sp³-hybridized carbons (Fsp3) is 0.923. The highest BCUT2D eigenvalue weighted by molar-refractivity contribution is 7.86. The molecule has 1 aliphatic rings. The van der Waals surface area contributed by atoms with Gasteiger partial charge in [-0.1, -0.05) is 47.0 Å². The van der Waals surface area contributed by atoms with Crippen LogP contribution in [0.15, 0.2) is 0 Å². The zero-order valence-corrected chi connectivity index (χ0v) is 23.0. The molecule has 0 amide bonds. The second-order valence-corrected chi connectivity index (χ2v) is 12.3. The number of rotatable bonds is 15. The van der Waals surface area contributed by atoms with Gasteiger partial charge >= 0.3 is 11.9 Å². The molecule has 7 nitrogen and oxygen atoms in total. The van der Waals surface area contributed by atoms with Crippen LogP contribution in [0, 0.1) is 29.1 Å². The van der Waals surface area contributed by atoms with E-state index in [0.717, 1.165) is 25.7 Å². The molecule has 0 heterocycles. The Morgan fingerprint density at radius 1 is 1.12 bits per heavy atom. The van der Waals surface area contributed by atoms with Crippen LogP contribution in [0.2, 0.25) is 0 Å². The van der Waals surface area contributed by atoms with Crippen LogP contribution in [0.5, 0.6) is 0 Å². The monoisotopic (exact) mass is 504 g/mol. The van der Waals surface area contributed by atoms with E-state index < -0.39 is 26.7 Å². The van der Waals surface area contributed by atoms with Gasteiger partial charge in [0.25, 0.3) is 10.1 Å². The minimum Gasteiger partial charge on any atom is -0.469 e. The summed E-state index contributed by atoms with van der Waals surface area (Å²) in [4.78, 5) is 25.8. The van der Waals surface area contributed by atoms with Crippen molar-refractivity contribution in [3.05, 3.63) is 0 Å². The minimum atomic E-state index is -4.00. The summed E-state index contributed by atoms with van der Waals surface area (Å²) in [5.41, 5.74) is -0.771. The molecule has 8 heteroatoms. The zero-order chi connectivity index (χ0) is 25.9. The Morgan fingerprint density at radius 3 is 2.21 bits per heavy atom. The highest BCUT2D eigenvalue weighted by Crippen LogP contribution is 2.39. The molecule has 0 saturated heterocycles. The molecule has 0 aromatic carbocycles. The molecule has 0 spiro atoms. The van der Waals surface area contributed by atoms with Gasteiger partial charge in [0, 0.05) is 0 Å². The number of ether oxygens (including phenoxy) is 2. The molecule has 1 aliphatic carbocycles. The number of hydrogen-bond acceptors (Lipinski definition) is 6. The fourth-order valence-corrected chi connectivity index (χ4v) is 6.11. The van der Waals surface area contributed by atoms with Crippen molar-refractivity contribution in [1.29, 1.82) is 0 Å². The first kappa shape index (κ1) is 30.9. The summed E-state index contributed by atoms with van der Waals surface area (Å²) >= 11 is 0. The summed E-state index contributed by atoms with van der Waals surface area (Å²) in [5, 5.41) is -0.687. The van der Waals surface area contributed by atoms with Crippen molar-refractivity contribution < 1.29 is 32.0 Å². The highest BCUT2D eigenvalue weighted by Gasteiger charge is 2.40. The minimum absolute atomic E-state index is 0.167. The zero-order valence-electron chi connectivity index (χ0n) is 22.2. The number of unbranched alkanes of at least 4 members (excludes halogenated alkanes) is 1. The topological polar surface area (TPSA) is 107 Å². The number of esters is 2. The maximum atomic E-state index is 13.3. The van der Waals surface area contributed by atoms with Gasteiger partial charge in [0.15, 0.2) is 0 Å². The van der Waals surface area contributed by atoms with Gasteiger partial charge in [-0.3, -0.25) is 14.1 Å². The van der Waals surface area contributed by atoms with Crippen molar-refractivity contribution in [1.82, 2.24) is 0 Å². The summed E-state index contributed by atoms with van der Waals surface area (Å²) in [6.07, 6.45) is 8.00. The lowest BCUT2D eigenvalue weighted by molar-refractivity contribution is -0.158. The number of methoxy groups -OCH3 is 1. The van der Waals surface area contributed by atoms with Gasteiger partial charge in [-0.15, -0.1) is 0 Å². The number of carbonyl (C=O) groups is 2. The molecule has 34 heavy (non-hydrogen) atoms. The van der Waals surface area contributed by atoms with Crippen LogP contribution < -0.4 is 0 Å². The van der Waals surface area contributed by atoms with Crippen molar-refractivity contribution in [3.8, 4) is 0 Å². The Hall–Kier alpha value is -1.15. The number of carbonyl (C=O) groups excluding carboxylic acids is 2. The normalized spacial score (nSPS) is 23.4. The molecule has 1 N–H and O–H groups in total. The maximum Gasteiger partial charge on any atom is 0.311 e. The van der Waals surface area contributed by atoms with Crippen LogP contribution in [-0.2, 0) is 29.2 Å². The van der Waals surface area contributed by atoms with E-state index >= 15 is 0 Å². The van der Waals surface area contributed by atoms with Crippen LogP contribution in [-0.4, -0.2) is 43.9 Å². The molecule has 0 bridgehead atoms. The van der Waals surface area contributed by atoms with Crippen molar-refractivity contribution >= 4 is 22.1 Å². The highest BCUT2D eigenvalue weighted by atomic mass is 32.2. The Bertz CT molecular complexity index is 727. The molecule has 4 atom stereocenters. The van der Waals surface area contributed by atoms with E-state index in [-0.39, 0.29) is 23.8 Å². The van der Waals surface area contributed by atoms with Gasteiger partial charge in [-0.05, 0) is 76.0 Å². The van der Waals surface area contributed by atoms with Crippen LogP contribution in [0.25, 0.3) is 0 Å². The first-order valence-electron chi connectivity index (χ1n) is 13.1. The van der Waals surface area contributed by atoms with Gasteiger partial charge < -0.3 is 9.47 Å². The molecule has 1 saturated carbocycles. The SMILES string of the molecule is CCCCC(CC)COC(=O)C(CC(C)C1CCC(S(=O)(=O)O)CC1)CC(C)(CC)C(=O)OC. The van der Waals surface area contributed by atoms with E-state index in [4.69, 9.17) is 9.47 Å². The van der Waals surface area contributed by atoms with E-state index in [1.165, 1.54) is 7.11 Å². The van der Waals surface area contributed by atoms with E-state index in [1.807, 2.05) is 13.8 Å². The Labute approximate surface area is 207 Å². The van der Waals surface area contributed by atoms with Gasteiger partial charge in [-0.25, -0.2) is 0 Å². The molecular formula is C26H48O7S. The quantitative estimate of drug-likeness (QED) is 0.221. The lowest BCUT2D eigenvalue weighted by Crippen LogP contribution is -2.36.